The van der Waals surface area contributed by atoms with Gasteiger partial charge in [0.25, 0.3) is 0 Å². The summed E-state index contributed by atoms with van der Waals surface area (Å²) >= 11 is 0. The largest absolute Gasteiger partial charge is 0.480 e. The van der Waals surface area contributed by atoms with Gasteiger partial charge < -0.3 is 9.84 Å². The summed E-state index contributed by atoms with van der Waals surface area (Å²) in [6.07, 6.45) is 4.11. The fourth-order valence-corrected chi connectivity index (χ4v) is 4.36. The predicted octanol–water partition coefficient (Wildman–Crippen LogP) is 4.57. The van der Waals surface area contributed by atoms with Crippen LogP contribution in [0, 0.1) is 19.8 Å². The number of fused-ring (bicyclic) bond motifs is 3. The zero-order valence-electron chi connectivity index (χ0n) is 16.0. The fourth-order valence-electron chi connectivity index (χ4n) is 4.36. The first-order valence-corrected chi connectivity index (χ1v) is 9.48. The van der Waals surface area contributed by atoms with Gasteiger partial charge in [-0.25, -0.2) is 9.59 Å². The average molecular weight is 377 g/mol. The third-order valence-electron chi connectivity index (χ3n) is 5.88. The number of carbonyl (C=O) groups excluding carboxylic acids is 1. The minimum Gasteiger partial charge on any atom is -0.480 e. The Bertz CT molecular complexity index is 951. The Morgan fingerprint density at radius 2 is 1.89 bits per heavy atom. The molecule has 0 fully saturated rings. The zero-order valence-corrected chi connectivity index (χ0v) is 16.0. The smallest absolute Gasteiger partial charge is 0.415 e. The molecule has 3 atom stereocenters. The lowest BCUT2D eigenvalue weighted by atomic mass is 9.77. The maximum Gasteiger partial charge on any atom is 0.415 e. The molecule has 0 radical (unpaired) electrons. The predicted molar refractivity (Wildman–Crippen MR) is 106 cm³/mol. The molecule has 0 unspecified atom stereocenters. The number of rotatable bonds is 3. The number of amides is 1. The number of aryl methyl sites for hydroxylation is 1. The summed E-state index contributed by atoms with van der Waals surface area (Å²) in [5.74, 6) is -1.17. The lowest BCUT2D eigenvalue weighted by molar-refractivity contribution is -0.140. The van der Waals surface area contributed by atoms with Gasteiger partial charge in [-0.05, 0) is 42.5 Å². The first-order chi connectivity index (χ1) is 13.5. The number of carboxylic acid groups (broad SMARTS) is 1. The second-order valence-corrected chi connectivity index (χ2v) is 7.49. The molecule has 1 N–H and O–H groups in total. The van der Waals surface area contributed by atoms with Gasteiger partial charge in [0.2, 0.25) is 0 Å². The van der Waals surface area contributed by atoms with Crippen LogP contribution in [0.15, 0.2) is 54.6 Å². The Hall–Kier alpha value is -3.08. The van der Waals surface area contributed by atoms with E-state index in [0.717, 1.165) is 22.3 Å². The Morgan fingerprint density at radius 3 is 2.61 bits per heavy atom. The number of anilines is 1. The van der Waals surface area contributed by atoms with Crippen molar-refractivity contribution in [3.63, 3.8) is 0 Å². The molecule has 5 nitrogen and oxygen atoms in total. The van der Waals surface area contributed by atoms with Gasteiger partial charge in [0.05, 0.1) is 5.69 Å². The minimum atomic E-state index is -0.998. The van der Waals surface area contributed by atoms with Crippen molar-refractivity contribution < 1.29 is 19.4 Å². The number of carboxylic acids is 1. The molecule has 0 bridgehead atoms. The molecule has 0 saturated heterocycles. The van der Waals surface area contributed by atoms with Crippen LogP contribution in [0.4, 0.5) is 10.5 Å². The lowest BCUT2D eigenvalue weighted by Gasteiger charge is -2.42. The first-order valence-electron chi connectivity index (χ1n) is 9.48. The maximum absolute atomic E-state index is 13.1. The van der Waals surface area contributed by atoms with Crippen LogP contribution in [0.25, 0.3) is 0 Å². The van der Waals surface area contributed by atoms with Gasteiger partial charge in [0, 0.05) is 11.8 Å². The maximum atomic E-state index is 13.1. The van der Waals surface area contributed by atoms with Crippen molar-refractivity contribution in [2.75, 3.05) is 4.90 Å². The van der Waals surface area contributed by atoms with Crippen LogP contribution in [-0.4, -0.2) is 23.2 Å². The molecule has 1 amide bonds. The Kier molecular flexibility index (Phi) is 4.67. The van der Waals surface area contributed by atoms with E-state index in [4.69, 9.17) is 4.74 Å². The van der Waals surface area contributed by atoms with E-state index in [1.807, 2.05) is 62.4 Å². The molecule has 2 aromatic carbocycles. The first kappa shape index (κ1) is 18.3. The van der Waals surface area contributed by atoms with Crippen LogP contribution in [-0.2, 0) is 16.1 Å². The van der Waals surface area contributed by atoms with Gasteiger partial charge in [-0.3, -0.25) is 4.90 Å². The fraction of sp³-hybridized carbons (Fsp3) is 0.304. The molecular weight excluding hydrogens is 354 g/mol. The lowest BCUT2D eigenvalue weighted by Crippen LogP contribution is -2.53. The summed E-state index contributed by atoms with van der Waals surface area (Å²) in [7, 11) is 0. The topological polar surface area (TPSA) is 66.8 Å². The second kappa shape index (κ2) is 7.15. The Morgan fingerprint density at radius 1 is 1.14 bits per heavy atom. The Labute approximate surface area is 164 Å². The molecule has 2 aromatic rings. The van der Waals surface area contributed by atoms with Crippen molar-refractivity contribution in [1.29, 1.82) is 0 Å². The number of hydrogen-bond acceptors (Lipinski definition) is 3. The molecule has 28 heavy (non-hydrogen) atoms. The summed E-state index contributed by atoms with van der Waals surface area (Å²) in [5, 5.41) is 10.00. The van der Waals surface area contributed by atoms with Crippen LogP contribution in [0.2, 0.25) is 0 Å². The highest BCUT2D eigenvalue weighted by atomic mass is 16.6. The highest BCUT2D eigenvalue weighted by molar-refractivity contribution is 5.98. The van der Waals surface area contributed by atoms with E-state index in [2.05, 4.69) is 6.08 Å². The van der Waals surface area contributed by atoms with E-state index in [1.165, 1.54) is 4.90 Å². The van der Waals surface area contributed by atoms with Gasteiger partial charge in [-0.1, -0.05) is 54.6 Å². The van der Waals surface area contributed by atoms with Crippen LogP contribution in [0.1, 0.15) is 34.6 Å². The molecular formula is C23H23NO4. The molecule has 1 heterocycles. The quantitative estimate of drug-likeness (QED) is 0.796. The third kappa shape index (κ3) is 2.97. The second-order valence-electron chi connectivity index (χ2n) is 7.49. The van der Waals surface area contributed by atoms with E-state index in [-0.39, 0.29) is 18.4 Å². The van der Waals surface area contributed by atoms with E-state index >= 15 is 0 Å². The summed E-state index contributed by atoms with van der Waals surface area (Å²) in [4.78, 5) is 26.7. The number of allylic oxidation sites excluding steroid dienone is 2. The van der Waals surface area contributed by atoms with Gasteiger partial charge >= 0.3 is 12.1 Å². The normalized spacial score (nSPS) is 22.5. The third-order valence-corrected chi connectivity index (χ3v) is 5.88. The van der Waals surface area contributed by atoms with Crippen molar-refractivity contribution >= 4 is 17.7 Å². The number of nitrogens with zero attached hydrogens (tertiary/aromatic N) is 1. The highest BCUT2D eigenvalue weighted by Gasteiger charge is 2.48. The minimum absolute atomic E-state index is 0.00794. The van der Waals surface area contributed by atoms with E-state index < -0.39 is 18.1 Å². The van der Waals surface area contributed by atoms with E-state index in [0.29, 0.717) is 12.1 Å². The molecule has 144 valence electrons. The van der Waals surface area contributed by atoms with Gasteiger partial charge in [-0.2, -0.15) is 0 Å². The SMILES string of the molecule is Cc1ccc2c(c1C)N(C(=O)OCc1ccccc1)[C@H](C(=O)O)[C@@H]1CC=C[C@H]21. The van der Waals surface area contributed by atoms with Crippen molar-refractivity contribution in [2.24, 2.45) is 5.92 Å². The number of aliphatic carboxylic acids is 1. The number of hydrogen-bond donors (Lipinski definition) is 1. The standard InChI is InChI=1S/C23H23NO4/c1-14-11-12-19-17-9-6-10-18(17)21(22(25)26)24(20(19)15(14)2)23(27)28-13-16-7-4-3-5-8-16/h3-9,11-12,17-18,21H,10,13H2,1-2H3,(H,25,26)/t17-,18+,21-/m0/s1. The highest BCUT2D eigenvalue weighted by Crippen LogP contribution is 2.49. The van der Waals surface area contributed by atoms with Gasteiger partial charge in [-0.15, -0.1) is 0 Å². The zero-order chi connectivity index (χ0) is 19.8. The molecule has 2 aliphatic rings. The molecule has 1 aliphatic heterocycles. The van der Waals surface area contributed by atoms with Crippen molar-refractivity contribution in [3.8, 4) is 0 Å². The summed E-state index contributed by atoms with van der Waals surface area (Å²) < 4.78 is 5.55. The van der Waals surface area contributed by atoms with Crippen LogP contribution in [0.3, 0.4) is 0 Å². The number of carbonyl (C=O) groups is 2. The summed E-state index contributed by atoms with van der Waals surface area (Å²) in [5.41, 5.74) is 4.47. The summed E-state index contributed by atoms with van der Waals surface area (Å²) in [6, 6.07) is 12.5. The molecule has 4 rings (SSSR count). The van der Waals surface area contributed by atoms with Crippen molar-refractivity contribution in [1.82, 2.24) is 0 Å². The molecule has 5 heteroatoms. The monoisotopic (exact) mass is 377 g/mol. The van der Waals surface area contributed by atoms with Gasteiger partial charge in [0.1, 0.15) is 12.6 Å². The average Bonchev–Trinajstić information content (AvgIpc) is 3.17. The van der Waals surface area contributed by atoms with Crippen molar-refractivity contribution in [3.05, 3.63) is 76.9 Å². The molecule has 0 aromatic heterocycles. The number of ether oxygens (including phenoxy) is 1. The molecule has 0 spiro atoms. The summed E-state index contributed by atoms with van der Waals surface area (Å²) in [6.45, 7) is 4.01. The van der Waals surface area contributed by atoms with Crippen LogP contribution in [0.5, 0.6) is 0 Å². The van der Waals surface area contributed by atoms with E-state index in [1.54, 1.807) is 0 Å². The number of benzene rings is 2. The van der Waals surface area contributed by atoms with E-state index in [9.17, 15) is 14.7 Å². The Balaban J connectivity index is 1.75. The van der Waals surface area contributed by atoms with Gasteiger partial charge in [0.15, 0.2) is 0 Å². The van der Waals surface area contributed by atoms with Crippen LogP contribution < -0.4 is 4.90 Å². The van der Waals surface area contributed by atoms with Crippen LogP contribution >= 0.6 is 0 Å². The molecule has 0 saturated carbocycles. The molecule has 1 aliphatic carbocycles. The van der Waals surface area contributed by atoms with Crippen molar-refractivity contribution in [2.45, 2.75) is 38.8 Å².